The third kappa shape index (κ3) is 4.46. The molecule has 0 saturated heterocycles. The summed E-state index contributed by atoms with van der Waals surface area (Å²) < 4.78 is 51.1. The minimum absolute atomic E-state index is 0.136. The summed E-state index contributed by atoms with van der Waals surface area (Å²) in [5.74, 6) is -0.544. The van der Waals surface area contributed by atoms with Gasteiger partial charge in [-0.15, -0.1) is 0 Å². The maximum atomic E-state index is 13.3. The molecule has 0 fully saturated rings. The van der Waals surface area contributed by atoms with Crippen LogP contribution in [0.4, 0.5) is 23.2 Å². The highest BCUT2D eigenvalue weighted by atomic mass is 19.4. The van der Waals surface area contributed by atoms with E-state index in [2.05, 4.69) is 0 Å². The van der Waals surface area contributed by atoms with Gasteiger partial charge in [0.25, 0.3) is 0 Å². The van der Waals surface area contributed by atoms with Gasteiger partial charge in [-0.3, -0.25) is 0 Å². The first-order valence-electron chi connectivity index (χ1n) is 6.65. The van der Waals surface area contributed by atoms with Crippen LogP contribution in [0.1, 0.15) is 5.56 Å². The predicted molar refractivity (Wildman–Crippen MR) is 76.0 cm³/mol. The number of rotatable bonds is 5. The molecule has 0 saturated carbocycles. The van der Waals surface area contributed by atoms with Gasteiger partial charge in [-0.05, 0) is 23.8 Å². The van der Waals surface area contributed by atoms with Crippen LogP contribution in [0, 0.1) is 5.82 Å². The molecule has 0 aliphatic carbocycles. The van der Waals surface area contributed by atoms with E-state index in [0.717, 1.165) is 11.6 Å². The van der Waals surface area contributed by atoms with Crippen molar-refractivity contribution in [3.8, 4) is 0 Å². The summed E-state index contributed by atoms with van der Waals surface area (Å²) in [6.45, 7) is -0.528. The SMILES string of the molecule is O[C@@H](CN(Cc1ccccc1)c1cccc(F)c1)C(F)(F)F. The Bertz CT molecular complexity index is 601. The lowest BCUT2D eigenvalue weighted by Crippen LogP contribution is -2.40. The fourth-order valence-corrected chi connectivity index (χ4v) is 2.05. The Morgan fingerprint density at radius 1 is 1.00 bits per heavy atom. The smallest absolute Gasteiger partial charge is 0.382 e. The summed E-state index contributed by atoms with van der Waals surface area (Å²) in [4.78, 5) is 1.30. The number of hydrogen-bond donors (Lipinski definition) is 1. The van der Waals surface area contributed by atoms with Gasteiger partial charge in [0, 0.05) is 12.2 Å². The molecule has 2 aromatic carbocycles. The first-order chi connectivity index (χ1) is 10.4. The summed E-state index contributed by atoms with van der Waals surface area (Å²) in [5.41, 5.74) is 1.05. The molecular weight excluding hydrogens is 298 g/mol. The minimum Gasteiger partial charge on any atom is -0.382 e. The number of hydrogen-bond acceptors (Lipinski definition) is 2. The van der Waals surface area contributed by atoms with Crippen LogP contribution < -0.4 is 4.90 Å². The highest BCUT2D eigenvalue weighted by Gasteiger charge is 2.39. The van der Waals surface area contributed by atoms with Crippen molar-refractivity contribution in [2.75, 3.05) is 11.4 Å². The van der Waals surface area contributed by atoms with Crippen LogP contribution in [0.5, 0.6) is 0 Å². The number of aliphatic hydroxyl groups excluding tert-OH is 1. The van der Waals surface area contributed by atoms with E-state index in [-0.39, 0.29) is 12.2 Å². The Balaban J connectivity index is 2.24. The number of halogens is 4. The standard InChI is InChI=1S/C16H15F4NO/c17-13-7-4-8-14(9-13)21(11-15(22)16(18,19)20)10-12-5-2-1-3-6-12/h1-9,15,22H,10-11H2/t15-/m0/s1. The number of aliphatic hydroxyl groups is 1. The Kier molecular flexibility index (Phi) is 5.03. The van der Waals surface area contributed by atoms with Gasteiger partial charge < -0.3 is 10.0 Å². The van der Waals surface area contributed by atoms with Gasteiger partial charge in [-0.2, -0.15) is 13.2 Å². The summed E-state index contributed by atoms with van der Waals surface area (Å²) >= 11 is 0. The van der Waals surface area contributed by atoms with Crippen LogP contribution in [0.3, 0.4) is 0 Å². The molecule has 0 amide bonds. The zero-order valence-corrected chi connectivity index (χ0v) is 11.6. The predicted octanol–water partition coefficient (Wildman–Crippen LogP) is 3.76. The number of anilines is 1. The van der Waals surface area contributed by atoms with Crippen LogP contribution in [0.2, 0.25) is 0 Å². The molecule has 2 rings (SSSR count). The Hall–Kier alpha value is -2.08. The summed E-state index contributed by atoms with van der Waals surface area (Å²) in [6, 6.07) is 14.1. The number of nitrogens with zero attached hydrogens (tertiary/aromatic N) is 1. The Morgan fingerprint density at radius 2 is 1.68 bits per heavy atom. The molecule has 0 radical (unpaired) electrons. The van der Waals surface area contributed by atoms with Crippen LogP contribution >= 0.6 is 0 Å². The molecule has 0 spiro atoms. The lowest BCUT2D eigenvalue weighted by molar-refractivity contribution is -0.200. The summed E-state index contributed by atoms with van der Waals surface area (Å²) in [5, 5.41) is 9.30. The second-order valence-electron chi connectivity index (χ2n) is 4.90. The second kappa shape index (κ2) is 6.79. The molecule has 22 heavy (non-hydrogen) atoms. The van der Waals surface area contributed by atoms with Gasteiger partial charge in [0.05, 0.1) is 6.54 Å². The van der Waals surface area contributed by atoms with Crippen molar-refractivity contribution in [1.82, 2.24) is 0 Å². The van der Waals surface area contributed by atoms with E-state index >= 15 is 0 Å². The molecule has 1 N–H and O–H groups in total. The molecule has 0 unspecified atom stereocenters. The van der Waals surface area contributed by atoms with Crippen LogP contribution in [0.15, 0.2) is 54.6 Å². The molecular formula is C16H15F4NO. The van der Waals surface area contributed by atoms with Crippen LogP contribution in [0.25, 0.3) is 0 Å². The van der Waals surface area contributed by atoms with Gasteiger partial charge in [-0.1, -0.05) is 36.4 Å². The van der Waals surface area contributed by atoms with Crippen molar-refractivity contribution in [2.24, 2.45) is 0 Å². The van der Waals surface area contributed by atoms with Crippen molar-refractivity contribution in [1.29, 1.82) is 0 Å². The molecule has 2 aromatic rings. The lowest BCUT2D eigenvalue weighted by Gasteiger charge is -2.28. The molecule has 0 bridgehead atoms. The highest BCUT2D eigenvalue weighted by Crippen LogP contribution is 2.25. The molecule has 0 aliphatic rings. The van der Waals surface area contributed by atoms with E-state index in [1.54, 1.807) is 30.3 Å². The third-order valence-corrected chi connectivity index (χ3v) is 3.16. The molecule has 0 aromatic heterocycles. The normalized spacial score (nSPS) is 13.0. The van der Waals surface area contributed by atoms with E-state index in [4.69, 9.17) is 0 Å². The molecule has 118 valence electrons. The number of benzene rings is 2. The largest absolute Gasteiger partial charge is 0.416 e. The third-order valence-electron chi connectivity index (χ3n) is 3.16. The molecule has 6 heteroatoms. The monoisotopic (exact) mass is 313 g/mol. The number of alkyl halides is 3. The van der Waals surface area contributed by atoms with E-state index in [1.807, 2.05) is 0 Å². The fraction of sp³-hybridized carbons (Fsp3) is 0.250. The maximum absolute atomic E-state index is 13.3. The molecule has 0 heterocycles. The van der Waals surface area contributed by atoms with Crippen molar-refractivity contribution in [3.05, 3.63) is 66.0 Å². The average Bonchev–Trinajstić information content (AvgIpc) is 2.46. The van der Waals surface area contributed by atoms with Gasteiger partial charge >= 0.3 is 6.18 Å². The zero-order chi connectivity index (χ0) is 16.2. The van der Waals surface area contributed by atoms with E-state index in [9.17, 15) is 22.7 Å². The lowest BCUT2D eigenvalue weighted by atomic mass is 10.1. The molecule has 0 aliphatic heterocycles. The maximum Gasteiger partial charge on any atom is 0.416 e. The minimum atomic E-state index is -4.72. The van der Waals surface area contributed by atoms with Crippen LogP contribution in [-0.4, -0.2) is 23.9 Å². The molecule has 1 atom stereocenters. The van der Waals surface area contributed by atoms with Gasteiger partial charge in [0.2, 0.25) is 0 Å². The summed E-state index contributed by atoms with van der Waals surface area (Å²) in [6.07, 6.45) is -7.22. The summed E-state index contributed by atoms with van der Waals surface area (Å²) in [7, 11) is 0. The molecule has 2 nitrogen and oxygen atoms in total. The van der Waals surface area contributed by atoms with Crippen molar-refractivity contribution in [3.63, 3.8) is 0 Å². The topological polar surface area (TPSA) is 23.5 Å². The Morgan fingerprint density at radius 3 is 2.27 bits per heavy atom. The van der Waals surface area contributed by atoms with Crippen molar-refractivity contribution < 1.29 is 22.7 Å². The quantitative estimate of drug-likeness (QED) is 0.850. The van der Waals surface area contributed by atoms with Crippen molar-refractivity contribution in [2.45, 2.75) is 18.8 Å². The van der Waals surface area contributed by atoms with E-state index in [1.165, 1.54) is 23.1 Å². The van der Waals surface area contributed by atoms with Crippen LogP contribution in [-0.2, 0) is 6.54 Å². The van der Waals surface area contributed by atoms with Gasteiger partial charge in [-0.25, -0.2) is 4.39 Å². The fourth-order valence-electron chi connectivity index (χ4n) is 2.05. The van der Waals surface area contributed by atoms with Crippen molar-refractivity contribution >= 4 is 5.69 Å². The first-order valence-corrected chi connectivity index (χ1v) is 6.65. The highest BCUT2D eigenvalue weighted by molar-refractivity contribution is 5.47. The first kappa shape index (κ1) is 16.3. The van der Waals surface area contributed by atoms with Gasteiger partial charge in [0.1, 0.15) is 5.82 Å². The van der Waals surface area contributed by atoms with E-state index < -0.39 is 24.6 Å². The Labute approximate surface area is 125 Å². The average molecular weight is 313 g/mol. The zero-order valence-electron chi connectivity index (χ0n) is 11.6. The van der Waals surface area contributed by atoms with E-state index in [0.29, 0.717) is 0 Å². The van der Waals surface area contributed by atoms with Gasteiger partial charge in [0.15, 0.2) is 6.10 Å². The second-order valence-corrected chi connectivity index (χ2v) is 4.90.